The smallest absolute Gasteiger partial charge is 0.396 e. The van der Waals surface area contributed by atoms with Gasteiger partial charge in [-0.25, -0.2) is 9.97 Å². The number of nitrogen functional groups attached to an aromatic ring is 1. The molecule has 1 heterocycles. The predicted octanol–water partition coefficient (Wildman–Crippen LogP) is 1.77. The summed E-state index contributed by atoms with van der Waals surface area (Å²) >= 11 is 0. The molecule has 0 spiro atoms. The molecule has 0 saturated carbocycles. The first-order valence-corrected chi connectivity index (χ1v) is 5.16. The van der Waals surface area contributed by atoms with Crippen molar-refractivity contribution in [1.82, 2.24) is 9.97 Å². The van der Waals surface area contributed by atoms with Crippen molar-refractivity contribution in [2.75, 3.05) is 12.3 Å². The second-order valence-corrected chi connectivity index (χ2v) is 3.70. The fourth-order valence-electron chi connectivity index (χ4n) is 1.66. The number of hydrogen-bond donors (Lipinski definition) is 2. The number of benzene rings is 1. The van der Waals surface area contributed by atoms with Crippen molar-refractivity contribution < 1.29 is 18.3 Å². The number of rotatable bonds is 2. The van der Waals surface area contributed by atoms with Crippen LogP contribution < -0.4 is 5.73 Å². The molecule has 2 rings (SSSR count). The summed E-state index contributed by atoms with van der Waals surface area (Å²) in [5, 5.41) is 8.93. The molecule has 2 aromatic rings. The van der Waals surface area contributed by atoms with E-state index in [-0.39, 0.29) is 35.6 Å². The Kier molecular flexibility index (Phi) is 3.08. The van der Waals surface area contributed by atoms with Crippen molar-refractivity contribution >= 4 is 16.7 Å². The summed E-state index contributed by atoms with van der Waals surface area (Å²) < 4.78 is 38.4. The molecular weight excluding hydrogens is 247 g/mol. The number of nitrogens with two attached hydrogens (primary N) is 1. The summed E-state index contributed by atoms with van der Waals surface area (Å²) in [5.74, 6) is 0.0775. The van der Waals surface area contributed by atoms with E-state index in [1.807, 2.05) is 0 Å². The second-order valence-electron chi connectivity index (χ2n) is 3.70. The summed E-state index contributed by atoms with van der Waals surface area (Å²) in [4.78, 5) is 7.67. The van der Waals surface area contributed by atoms with E-state index in [9.17, 15) is 13.2 Å². The van der Waals surface area contributed by atoms with Crippen LogP contribution in [0.3, 0.4) is 0 Å². The molecule has 0 aliphatic carbocycles. The van der Waals surface area contributed by atoms with Crippen LogP contribution in [0.25, 0.3) is 10.9 Å². The predicted molar refractivity (Wildman–Crippen MR) is 59.7 cm³/mol. The molecule has 18 heavy (non-hydrogen) atoms. The van der Waals surface area contributed by atoms with Gasteiger partial charge in [-0.2, -0.15) is 13.2 Å². The van der Waals surface area contributed by atoms with Crippen LogP contribution in [-0.4, -0.2) is 21.7 Å². The number of para-hydroxylation sites is 1. The van der Waals surface area contributed by atoms with Gasteiger partial charge in [0.05, 0.1) is 17.7 Å². The van der Waals surface area contributed by atoms with Gasteiger partial charge in [0.15, 0.2) is 0 Å². The summed E-state index contributed by atoms with van der Waals surface area (Å²) in [7, 11) is 0. The molecule has 1 aromatic carbocycles. The SMILES string of the molecule is Nc1nc(CCO)nc2c(C(F)(F)F)cccc12. The van der Waals surface area contributed by atoms with Crippen LogP contribution >= 0.6 is 0 Å². The van der Waals surface area contributed by atoms with E-state index in [2.05, 4.69) is 9.97 Å². The maximum atomic E-state index is 12.8. The van der Waals surface area contributed by atoms with Crippen LogP contribution in [0.1, 0.15) is 11.4 Å². The normalized spacial score (nSPS) is 12.0. The first kappa shape index (κ1) is 12.6. The zero-order valence-corrected chi connectivity index (χ0v) is 9.20. The van der Waals surface area contributed by atoms with Gasteiger partial charge in [0.2, 0.25) is 0 Å². The van der Waals surface area contributed by atoms with Crippen molar-refractivity contribution in [3.05, 3.63) is 29.6 Å². The monoisotopic (exact) mass is 257 g/mol. The molecule has 0 saturated heterocycles. The molecule has 0 bridgehead atoms. The molecule has 0 radical (unpaired) electrons. The molecule has 0 atom stereocenters. The Balaban J connectivity index is 2.74. The van der Waals surface area contributed by atoms with Gasteiger partial charge in [-0.15, -0.1) is 0 Å². The lowest BCUT2D eigenvalue weighted by Crippen LogP contribution is -2.10. The maximum absolute atomic E-state index is 12.8. The third-order valence-electron chi connectivity index (χ3n) is 2.44. The van der Waals surface area contributed by atoms with E-state index in [1.54, 1.807) is 0 Å². The summed E-state index contributed by atoms with van der Waals surface area (Å²) in [5.41, 5.74) is 4.51. The minimum Gasteiger partial charge on any atom is -0.396 e. The topological polar surface area (TPSA) is 72.0 Å². The lowest BCUT2D eigenvalue weighted by molar-refractivity contribution is -0.136. The highest BCUT2D eigenvalue weighted by molar-refractivity contribution is 5.90. The summed E-state index contributed by atoms with van der Waals surface area (Å²) in [6, 6.07) is 3.64. The molecule has 0 aliphatic heterocycles. The van der Waals surface area contributed by atoms with Gasteiger partial charge < -0.3 is 10.8 Å². The van der Waals surface area contributed by atoms with Gasteiger partial charge in [0.25, 0.3) is 0 Å². The number of aromatic nitrogens is 2. The van der Waals surface area contributed by atoms with E-state index in [0.717, 1.165) is 6.07 Å². The van der Waals surface area contributed by atoms with Crippen LogP contribution in [-0.2, 0) is 12.6 Å². The Bertz CT molecular complexity index is 583. The van der Waals surface area contributed by atoms with E-state index < -0.39 is 11.7 Å². The number of aliphatic hydroxyl groups is 1. The number of nitrogens with zero attached hydrogens (tertiary/aromatic N) is 2. The number of anilines is 1. The van der Waals surface area contributed by atoms with Crippen molar-refractivity contribution in [3.63, 3.8) is 0 Å². The molecule has 0 unspecified atom stereocenters. The molecule has 4 nitrogen and oxygen atoms in total. The van der Waals surface area contributed by atoms with Crippen LogP contribution in [0.2, 0.25) is 0 Å². The van der Waals surface area contributed by atoms with Crippen LogP contribution in [0, 0.1) is 0 Å². The minimum absolute atomic E-state index is 0.0189. The average Bonchev–Trinajstić information content (AvgIpc) is 2.27. The zero-order valence-electron chi connectivity index (χ0n) is 9.20. The highest BCUT2D eigenvalue weighted by Gasteiger charge is 2.33. The number of aliphatic hydroxyl groups excluding tert-OH is 1. The Morgan fingerprint density at radius 1 is 1.22 bits per heavy atom. The Morgan fingerprint density at radius 3 is 2.56 bits per heavy atom. The average molecular weight is 257 g/mol. The van der Waals surface area contributed by atoms with Crippen LogP contribution in [0.5, 0.6) is 0 Å². The maximum Gasteiger partial charge on any atom is 0.418 e. The number of fused-ring (bicyclic) bond motifs is 1. The lowest BCUT2D eigenvalue weighted by atomic mass is 10.1. The van der Waals surface area contributed by atoms with Crippen LogP contribution in [0.4, 0.5) is 19.0 Å². The van der Waals surface area contributed by atoms with Gasteiger partial charge in [-0.1, -0.05) is 6.07 Å². The summed E-state index contributed by atoms with van der Waals surface area (Å²) in [6.07, 6.45) is -4.44. The Hall–Kier alpha value is -1.89. The highest BCUT2D eigenvalue weighted by Crippen LogP contribution is 2.34. The molecule has 3 N–H and O–H groups in total. The van der Waals surface area contributed by atoms with Gasteiger partial charge in [-0.05, 0) is 12.1 Å². The summed E-state index contributed by atoms with van der Waals surface area (Å²) in [6.45, 7) is -0.251. The molecule has 96 valence electrons. The van der Waals surface area contributed by atoms with E-state index >= 15 is 0 Å². The van der Waals surface area contributed by atoms with Gasteiger partial charge in [-0.3, -0.25) is 0 Å². The number of alkyl halides is 3. The van der Waals surface area contributed by atoms with Gasteiger partial charge in [0, 0.05) is 11.8 Å². The third kappa shape index (κ3) is 2.21. The zero-order chi connectivity index (χ0) is 13.3. The Morgan fingerprint density at radius 2 is 1.94 bits per heavy atom. The molecule has 1 aromatic heterocycles. The van der Waals surface area contributed by atoms with Gasteiger partial charge >= 0.3 is 6.18 Å². The second kappa shape index (κ2) is 4.41. The molecule has 0 amide bonds. The van der Waals surface area contributed by atoms with Gasteiger partial charge in [0.1, 0.15) is 11.6 Å². The quantitative estimate of drug-likeness (QED) is 0.860. The van der Waals surface area contributed by atoms with E-state index in [4.69, 9.17) is 10.8 Å². The molecule has 7 heteroatoms. The highest BCUT2D eigenvalue weighted by atomic mass is 19.4. The molecule has 0 aliphatic rings. The molecular formula is C11H10F3N3O. The fourth-order valence-corrected chi connectivity index (χ4v) is 1.66. The first-order chi connectivity index (χ1) is 8.43. The first-order valence-electron chi connectivity index (χ1n) is 5.16. The van der Waals surface area contributed by atoms with E-state index in [0.29, 0.717) is 0 Å². The van der Waals surface area contributed by atoms with Crippen LogP contribution in [0.15, 0.2) is 18.2 Å². The van der Waals surface area contributed by atoms with Crippen molar-refractivity contribution in [2.45, 2.75) is 12.6 Å². The minimum atomic E-state index is -4.50. The van der Waals surface area contributed by atoms with Crippen molar-refractivity contribution in [2.24, 2.45) is 0 Å². The van der Waals surface area contributed by atoms with E-state index in [1.165, 1.54) is 12.1 Å². The number of halogens is 3. The van der Waals surface area contributed by atoms with Crippen molar-refractivity contribution in [3.8, 4) is 0 Å². The standard InChI is InChI=1S/C11H10F3N3O/c12-11(13,14)7-3-1-2-6-9(7)16-8(4-5-18)17-10(6)15/h1-3,18H,4-5H2,(H2,15,16,17). The third-order valence-corrected chi connectivity index (χ3v) is 2.44. The number of hydrogen-bond acceptors (Lipinski definition) is 4. The molecule has 0 fully saturated rings. The lowest BCUT2D eigenvalue weighted by Gasteiger charge is -2.11. The Labute approximate surface area is 100 Å². The van der Waals surface area contributed by atoms with Crippen molar-refractivity contribution in [1.29, 1.82) is 0 Å². The fraction of sp³-hybridized carbons (Fsp3) is 0.273. The largest absolute Gasteiger partial charge is 0.418 e.